The number of carbonyl (C=O) groups excluding carboxylic acids is 2. The van der Waals surface area contributed by atoms with E-state index < -0.39 is 24.3 Å². The van der Waals surface area contributed by atoms with Gasteiger partial charge in [-0.25, -0.2) is 4.79 Å². The second-order valence-corrected chi connectivity index (χ2v) is 22.0. The van der Waals surface area contributed by atoms with Crippen LogP contribution in [0.2, 0.25) is 0 Å². The number of rotatable bonds is 57. The number of ether oxygens (including phenoxy) is 4. The number of hydrogen-bond donors (Lipinski definition) is 1. The van der Waals surface area contributed by atoms with Gasteiger partial charge in [0.2, 0.25) is 0 Å². The number of hydrogen-bond acceptors (Lipinski definition) is 7. The molecular formula is C69H118NO8+. The summed E-state index contributed by atoms with van der Waals surface area (Å²) in [6.07, 6.45) is 79.1. The number of carboxylic acid groups (broad SMARTS) is 1. The van der Waals surface area contributed by atoms with E-state index >= 15 is 0 Å². The van der Waals surface area contributed by atoms with Crippen molar-refractivity contribution in [1.82, 2.24) is 0 Å². The van der Waals surface area contributed by atoms with Crippen molar-refractivity contribution in [3.8, 4) is 0 Å². The highest BCUT2D eigenvalue weighted by Crippen LogP contribution is 2.16. The number of unbranched alkanes of at least 4 members (excludes halogenated alkanes) is 24. The molecule has 0 aliphatic carbocycles. The molecule has 0 aliphatic heterocycles. The summed E-state index contributed by atoms with van der Waals surface area (Å²) in [5.41, 5.74) is 0. The minimum atomic E-state index is -1.52. The monoisotopic (exact) mass is 1090 g/mol. The Hall–Kier alpha value is -4.05. The number of carboxylic acids is 1. The maximum atomic E-state index is 12.9. The molecule has 2 unspecified atom stereocenters. The van der Waals surface area contributed by atoms with Crippen LogP contribution >= 0.6 is 0 Å². The molecule has 0 saturated carbocycles. The highest BCUT2D eigenvalue weighted by Gasteiger charge is 2.25. The Balaban J connectivity index is 4.05. The number of quaternary nitrogens is 1. The molecule has 0 aromatic rings. The first-order valence-corrected chi connectivity index (χ1v) is 31.6. The molecule has 0 rings (SSSR count). The summed E-state index contributed by atoms with van der Waals surface area (Å²) >= 11 is 0. The summed E-state index contributed by atoms with van der Waals surface area (Å²) in [5.74, 6) is -2.02. The Kier molecular flexibility index (Phi) is 56.0. The molecule has 9 heteroatoms. The van der Waals surface area contributed by atoms with Crippen molar-refractivity contribution in [1.29, 1.82) is 0 Å². The quantitative estimate of drug-likeness (QED) is 0.0211. The molecule has 2 atom stereocenters. The number of aliphatic carboxylic acids is 1. The van der Waals surface area contributed by atoms with Gasteiger partial charge in [0.25, 0.3) is 6.29 Å². The van der Waals surface area contributed by atoms with Gasteiger partial charge in [-0.2, -0.15) is 0 Å². The first-order valence-electron chi connectivity index (χ1n) is 31.6. The normalized spacial score (nSPS) is 13.5. The van der Waals surface area contributed by atoms with Crippen LogP contribution in [-0.4, -0.2) is 87.4 Å². The minimum absolute atomic E-state index is 0.182. The van der Waals surface area contributed by atoms with Crippen LogP contribution in [0.5, 0.6) is 0 Å². The standard InChI is InChI=1S/C69H117NO8/c1-6-8-10-12-14-16-18-20-22-23-24-25-26-27-28-29-30-31-32-33-34-35-36-37-38-39-40-41-42-43-44-45-46-48-50-52-54-56-58-60-67(72)78-65(64-77-69(68(73)74)75-62-61-70(3,4)5)63-76-66(71)59-57-55-53-51-49-47-21-19-17-15-13-11-9-7-2/h8,10,13-16,19-22,24-25,27-28,30-31,33-34,65,69H,6-7,9,11-12,17-18,23,26,29,32,35-64H2,1-5H3/p+1/b10-8-,15-13-,16-14-,21-19-,22-20-,25-24-,28-27-,31-30-,34-33-. The molecule has 0 fully saturated rings. The minimum Gasteiger partial charge on any atom is -0.477 e. The summed E-state index contributed by atoms with van der Waals surface area (Å²) in [4.78, 5) is 37.4. The Morgan fingerprint density at radius 3 is 1.09 bits per heavy atom. The molecule has 0 spiro atoms. The molecular weight excluding hydrogens is 971 g/mol. The summed E-state index contributed by atoms with van der Waals surface area (Å²) in [7, 11) is 5.96. The van der Waals surface area contributed by atoms with E-state index in [4.69, 9.17) is 18.9 Å². The molecule has 0 aromatic carbocycles. The van der Waals surface area contributed by atoms with Crippen molar-refractivity contribution >= 4 is 17.9 Å². The van der Waals surface area contributed by atoms with E-state index in [1.165, 1.54) is 109 Å². The molecule has 0 saturated heterocycles. The van der Waals surface area contributed by atoms with Crippen molar-refractivity contribution in [3.63, 3.8) is 0 Å². The predicted octanol–water partition coefficient (Wildman–Crippen LogP) is 19.1. The van der Waals surface area contributed by atoms with E-state index in [0.29, 0.717) is 17.4 Å². The van der Waals surface area contributed by atoms with Gasteiger partial charge in [-0.05, 0) is 96.3 Å². The molecule has 0 aliphatic rings. The maximum Gasteiger partial charge on any atom is 0.361 e. The molecule has 0 radical (unpaired) electrons. The van der Waals surface area contributed by atoms with Gasteiger partial charge < -0.3 is 28.5 Å². The van der Waals surface area contributed by atoms with Crippen LogP contribution in [0.25, 0.3) is 0 Å². The van der Waals surface area contributed by atoms with Gasteiger partial charge >= 0.3 is 17.9 Å². The third-order valence-corrected chi connectivity index (χ3v) is 13.3. The molecule has 9 nitrogen and oxygen atoms in total. The Morgan fingerprint density at radius 1 is 0.397 bits per heavy atom. The predicted molar refractivity (Wildman–Crippen MR) is 332 cm³/mol. The fraction of sp³-hybridized carbons (Fsp3) is 0.696. The number of allylic oxidation sites excluding steroid dienone is 18. The zero-order valence-corrected chi connectivity index (χ0v) is 50.8. The van der Waals surface area contributed by atoms with Crippen LogP contribution in [0.1, 0.15) is 251 Å². The number of esters is 2. The Labute approximate surface area is 479 Å². The summed E-state index contributed by atoms with van der Waals surface area (Å²) in [5, 5.41) is 9.70. The van der Waals surface area contributed by atoms with E-state index in [1.807, 2.05) is 21.1 Å². The molecule has 0 amide bonds. The highest BCUT2D eigenvalue weighted by molar-refractivity contribution is 5.71. The lowest BCUT2D eigenvalue weighted by Gasteiger charge is -2.25. The van der Waals surface area contributed by atoms with Crippen LogP contribution in [0, 0.1) is 0 Å². The first-order chi connectivity index (χ1) is 38.1. The second kappa shape index (κ2) is 59.1. The third-order valence-electron chi connectivity index (χ3n) is 13.3. The first kappa shape index (κ1) is 74.0. The van der Waals surface area contributed by atoms with Gasteiger partial charge in [-0.3, -0.25) is 9.59 Å². The molecule has 446 valence electrons. The van der Waals surface area contributed by atoms with Crippen molar-refractivity contribution in [2.24, 2.45) is 0 Å². The smallest absolute Gasteiger partial charge is 0.361 e. The van der Waals surface area contributed by atoms with Crippen LogP contribution in [0.3, 0.4) is 0 Å². The van der Waals surface area contributed by atoms with E-state index in [9.17, 15) is 19.5 Å². The topological polar surface area (TPSA) is 108 Å². The van der Waals surface area contributed by atoms with Crippen LogP contribution in [0.15, 0.2) is 109 Å². The lowest BCUT2D eigenvalue weighted by Crippen LogP contribution is -2.40. The van der Waals surface area contributed by atoms with Gasteiger partial charge in [0.1, 0.15) is 13.2 Å². The molecule has 0 bridgehead atoms. The third kappa shape index (κ3) is 59.6. The SMILES string of the molecule is CC/C=C\C/C=C\C/C=C\C/C=C\C/C=C\C/C=C\C/C=C\CCCCCCCCCCCCCCCCCCCC(=O)OC(COC(=O)CCCCCCC/C=C\C/C=C\CCCC)COC(OCC[N+](C)(C)C)C(=O)O. The van der Waals surface area contributed by atoms with Gasteiger partial charge in [0, 0.05) is 12.8 Å². The Morgan fingerprint density at radius 2 is 0.731 bits per heavy atom. The second-order valence-electron chi connectivity index (χ2n) is 22.0. The van der Waals surface area contributed by atoms with Crippen molar-refractivity contribution in [3.05, 3.63) is 109 Å². The molecule has 1 N–H and O–H groups in total. The highest BCUT2D eigenvalue weighted by atomic mass is 16.7. The zero-order chi connectivity index (χ0) is 56.9. The van der Waals surface area contributed by atoms with E-state index in [1.54, 1.807) is 0 Å². The lowest BCUT2D eigenvalue weighted by molar-refractivity contribution is -0.870. The average molecular weight is 1090 g/mol. The van der Waals surface area contributed by atoms with E-state index in [0.717, 1.165) is 109 Å². The maximum absolute atomic E-state index is 12.9. The number of nitrogens with zero attached hydrogens (tertiary/aromatic N) is 1. The Bertz CT molecular complexity index is 1640. The lowest BCUT2D eigenvalue weighted by atomic mass is 10.0. The molecule has 0 aromatic heterocycles. The van der Waals surface area contributed by atoms with Gasteiger partial charge in [-0.15, -0.1) is 0 Å². The largest absolute Gasteiger partial charge is 0.477 e. The fourth-order valence-electron chi connectivity index (χ4n) is 8.42. The van der Waals surface area contributed by atoms with Crippen molar-refractivity contribution < 1.29 is 42.9 Å². The van der Waals surface area contributed by atoms with Crippen LogP contribution in [0.4, 0.5) is 0 Å². The molecule has 0 heterocycles. The summed E-state index contributed by atoms with van der Waals surface area (Å²) < 4.78 is 22.9. The van der Waals surface area contributed by atoms with Gasteiger partial charge in [0.15, 0.2) is 6.10 Å². The zero-order valence-electron chi connectivity index (χ0n) is 50.8. The summed E-state index contributed by atoms with van der Waals surface area (Å²) in [6.45, 7) is 4.70. The molecule has 78 heavy (non-hydrogen) atoms. The van der Waals surface area contributed by atoms with Gasteiger partial charge in [0.05, 0.1) is 34.4 Å². The fourth-order valence-corrected chi connectivity index (χ4v) is 8.42. The van der Waals surface area contributed by atoms with Crippen LogP contribution < -0.4 is 0 Å². The summed E-state index contributed by atoms with van der Waals surface area (Å²) in [6, 6.07) is 0. The van der Waals surface area contributed by atoms with E-state index in [-0.39, 0.29) is 38.6 Å². The number of likely N-dealkylation sites (N-methyl/N-ethyl adjacent to an activating group) is 1. The van der Waals surface area contributed by atoms with Gasteiger partial charge in [-0.1, -0.05) is 252 Å². The average Bonchev–Trinajstić information content (AvgIpc) is 3.41. The van der Waals surface area contributed by atoms with E-state index in [2.05, 4.69) is 123 Å². The number of carbonyl (C=O) groups is 3. The van der Waals surface area contributed by atoms with Crippen molar-refractivity contribution in [2.45, 2.75) is 264 Å². The van der Waals surface area contributed by atoms with Crippen molar-refractivity contribution in [2.75, 3.05) is 47.5 Å². The van der Waals surface area contributed by atoms with Crippen LogP contribution in [-0.2, 0) is 33.3 Å².